The number of nitrogens with one attached hydrogen (secondary N) is 1. The SMILES string of the molecule is CC1=C(C(=O)NCCN2CCCC2)C2(CCN(Cc3ccccc3)CC2)OC1=O. The van der Waals surface area contributed by atoms with Crippen molar-refractivity contribution in [1.82, 2.24) is 15.1 Å². The molecular weight excluding hydrogens is 366 g/mol. The van der Waals surface area contributed by atoms with Crippen LogP contribution in [0.5, 0.6) is 0 Å². The van der Waals surface area contributed by atoms with Crippen LogP contribution in [0.4, 0.5) is 0 Å². The number of esters is 1. The van der Waals surface area contributed by atoms with Crippen LogP contribution in [0.3, 0.4) is 0 Å². The Bertz CT molecular complexity index is 776. The molecule has 6 heteroatoms. The van der Waals surface area contributed by atoms with Gasteiger partial charge in [0.25, 0.3) is 5.91 Å². The molecule has 0 aliphatic carbocycles. The van der Waals surface area contributed by atoms with Gasteiger partial charge in [-0.25, -0.2) is 4.79 Å². The number of carbonyl (C=O) groups excluding carboxylic acids is 2. The fourth-order valence-electron chi connectivity index (χ4n) is 4.81. The van der Waals surface area contributed by atoms with Crippen molar-refractivity contribution in [2.75, 3.05) is 39.3 Å². The minimum atomic E-state index is -0.758. The van der Waals surface area contributed by atoms with Crippen molar-refractivity contribution in [3.8, 4) is 0 Å². The van der Waals surface area contributed by atoms with Crippen molar-refractivity contribution in [3.63, 3.8) is 0 Å². The van der Waals surface area contributed by atoms with E-state index in [4.69, 9.17) is 4.74 Å². The smallest absolute Gasteiger partial charge is 0.335 e. The molecule has 29 heavy (non-hydrogen) atoms. The van der Waals surface area contributed by atoms with Gasteiger partial charge in [-0.3, -0.25) is 9.69 Å². The zero-order valence-corrected chi connectivity index (χ0v) is 17.3. The predicted molar refractivity (Wildman–Crippen MR) is 111 cm³/mol. The van der Waals surface area contributed by atoms with Crippen molar-refractivity contribution < 1.29 is 14.3 Å². The fraction of sp³-hybridized carbons (Fsp3) is 0.565. The normalized spacial score (nSPS) is 22.3. The molecule has 1 aromatic rings. The Morgan fingerprint density at radius 3 is 2.45 bits per heavy atom. The minimum Gasteiger partial charge on any atom is -0.450 e. The standard InChI is InChI=1S/C23H31N3O3/c1-18-20(21(27)24-11-16-25-12-5-6-13-25)23(29-22(18)28)9-14-26(15-10-23)17-19-7-3-2-4-8-19/h2-4,7-8H,5-6,9-17H2,1H3,(H,24,27). The second-order valence-electron chi connectivity index (χ2n) is 8.45. The summed E-state index contributed by atoms with van der Waals surface area (Å²) in [5, 5.41) is 3.04. The van der Waals surface area contributed by atoms with Crippen molar-refractivity contribution in [3.05, 3.63) is 47.0 Å². The number of nitrogens with zero attached hydrogens (tertiary/aromatic N) is 2. The number of ether oxygens (including phenoxy) is 1. The topological polar surface area (TPSA) is 61.9 Å². The maximum absolute atomic E-state index is 13.0. The Balaban J connectivity index is 1.37. The third-order valence-electron chi connectivity index (χ3n) is 6.48. The highest BCUT2D eigenvalue weighted by Gasteiger charge is 2.50. The molecule has 1 aromatic carbocycles. The summed E-state index contributed by atoms with van der Waals surface area (Å²) in [4.78, 5) is 30.1. The van der Waals surface area contributed by atoms with Crippen LogP contribution in [0.1, 0.15) is 38.2 Å². The first-order chi connectivity index (χ1) is 14.1. The molecule has 156 valence electrons. The second-order valence-corrected chi connectivity index (χ2v) is 8.45. The molecule has 3 heterocycles. The molecule has 2 saturated heterocycles. The van der Waals surface area contributed by atoms with Gasteiger partial charge in [-0.05, 0) is 38.4 Å². The summed E-state index contributed by atoms with van der Waals surface area (Å²) in [6, 6.07) is 10.4. The molecule has 2 fully saturated rings. The van der Waals surface area contributed by atoms with Gasteiger partial charge in [0.15, 0.2) is 0 Å². The first-order valence-corrected chi connectivity index (χ1v) is 10.8. The average Bonchev–Trinajstić information content (AvgIpc) is 3.32. The Hall–Kier alpha value is -2.18. The lowest BCUT2D eigenvalue weighted by Gasteiger charge is -2.39. The van der Waals surface area contributed by atoms with Crippen LogP contribution in [0, 0.1) is 0 Å². The molecule has 0 bridgehead atoms. The first-order valence-electron chi connectivity index (χ1n) is 10.8. The van der Waals surface area contributed by atoms with E-state index in [1.54, 1.807) is 6.92 Å². The molecule has 0 radical (unpaired) electrons. The molecule has 0 saturated carbocycles. The van der Waals surface area contributed by atoms with Crippen molar-refractivity contribution >= 4 is 11.9 Å². The van der Waals surface area contributed by atoms with Gasteiger partial charge in [-0.15, -0.1) is 0 Å². The lowest BCUT2D eigenvalue weighted by Crippen LogP contribution is -2.49. The molecule has 3 aliphatic rings. The molecule has 0 aromatic heterocycles. The summed E-state index contributed by atoms with van der Waals surface area (Å²) in [6.07, 6.45) is 3.81. The van der Waals surface area contributed by atoms with Crippen molar-refractivity contribution in [2.45, 2.75) is 44.8 Å². The molecule has 3 aliphatic heterocycles. The van der Waals surface area contributed by atoms with Crippen molar-refractivity contribution in [2.24, 2.45) is 0 Å². The van der Waals surface area contributed by atoms with Crippen molar-refractivity contribution in [1.29, 1.82) is 0 Å². The second kappa shape index (κ2) is 8.67. The summed E-state index contributed by atoms with van der Waals surface area (Å²) in [6.45, 7) is 7.92. The monoisotopic (exact) mass is 397 g/mol. The number of rotatable bonds is 6. The summed E-state index contributed by atoms with van der Waals surface area (Å²) >= 11 is 0. The Morgan fingerprint density at radius 1 is 1.07 bits per heavy atom. The van der Waals surface area contributed by atoms with E-state index in [-0.39, 0.29) is 11.9 Å². The molecule has 6 nitrogen and oxygen atoms in total. The van der Waals surface area contributed by atoms with E-state index in [0.717, 1.165) is 39.3 Å². The zero-order valence-electron chi connectivity index (χ0n) is 17.3. The van der Waals surface area contributed by atoms with E-state index in [1.807, 2.05) is 6.07 Å². The lowest BCUT2D eigenvalue weighted by atomic mass is 9.82. The molecular formula is C23H31N3O3. The highest BCUT2D eigenvalue weighted by atomic mass is 16.6. The quantitative estimate of drug-likeness (QED) is 0.745. The van der Waals surface area contributed by atoms with Crippen LogP contribution in [-0.2, 0) is 20.9 Å². The molecule has 1 N–H and O–H groups in total. The van der Waals surface area contributed by atoms with Crippen LogP contribution in [0.25, 0.3) is 0 Å². The van der Waals surface area contributed by atoms with Crippen LogP contribution in [0.2, 0.25) is 0 Å². The summed E-state index contributed by atoms with van der Waals surface area (Å²) in [5.74, 6) is -0.477. The molecule has 0 unspecified atom stereocenters. The maximum Gasteiger partial charge on any atom is 0.335 e. The van der Waals surface area contributed by atoms with Gasteiger partial charge in [0.05, 0.1) is 5.57 Å². The van der Waals surface area contributed by atoms with E-state index in [2.05, 4.69) is 39.4 Å². The summed E-state index contributed by atoms with van der Waals surface area (Å²) in [7, 11) is 0. The highest BCUT2D eigenvalue weighted by Crippen LogP contribution is 2.41. The maximum atomic E-state index is 13.0. The summed E-state index contributed by atoms with van der Waals surface area (Å²) < 4.78 is 5.80. The van der Waals surface area contributed by atoms with Gasteiger partial charge < -0.3 is 15.0 Å². The number of amides is 1. The number of carbonyl (C=O) groups is 2. The Morgan fingerprint density at radius 2 is 1.76 bits per heavy atom. The number of benzene rings is 1. The molecule has 1 amide bonds. The lowest BCUT2D eigenvalue weighted by molar-refractivity contribution is -0.151. The van der Waals surface area contributed by atoms with Gasteiger partial charge in [-0.2, -0.15) is 0 Å². The van der Waals surface area contributed by atoms with E-state index in [9.17, 15) is 9.59 Å². The fourth-order valence-corrected chi connectivity index (χ4v) is 4.81. The number of hydrogen-bond acceptors (Lipinski definition) is 5. The highest BCUT2D eigenvalue weighted by molar-refractivity contribution is 6.07. The average molecular weight is 398 g/mol. The Kier molecular flexibility index (Phi) is 6.01. The Labute approximate surface area is 172 Å². The molecule has 4 rings (SSSR count). The van der Waals surface area contributed by atoms with Gasteiger partial charge in [0.2, 0.25) is 0 Å². The minimum absolute atomic E-state index is 0.135. The van der Waals surface area contributed by atoms with Gasteiger partial charge in [-0.1, -0.05) is 30.3 Å². The van der Waals surface area contributed by atoms with Crippen LogP contribution in [0.15, 0.2) is 41.5 Å². The van der Waals surface area contributed by atoms with Gasteiger partial charge >= 0.3 is 5.97 Å². The van der Waals surface area contributed by atoms with E-state index < -0.39 is 5.60 Å². The largest absolute Gasteiger partial charge is 0.450 e. The van der Waals surface area contributed by atoms with Crippen LogP contribution in [-0.4, -0.2) is 66.5 Å². The van der Waals surface area contributed by atoms with E-state index in [0.29, 0.717) is 30.5 Å². The van der Waals surface area contributed by atoms with E-state index in [1.165, 1.54) is 18.4 Å². The predicted octanol–water partition coefficient (Wildman–Crippen LogP) is 2.11. The third-order valence-corrected chi connectivity index (χ3v) is 6.48. The zero-order chi connectivity index (χ0) is 20.3. The molecule has 1 spiro atoms. The van der Waals surface area contributed by atoms with Crippen LogP contribution >= 0.6 is 0 Å². The van der Waals surface area contributed by atoms with E-state index >= 15 is 0 Å². The molecule has 0 atom stereocenters. The number of likely N-dealkylation sites (tertiary alicyclic amines) is 2. The first kappa shape index (κ1) is 20.1. The number of piperidine rings is 1. The summed E-state index contributed by atoms with van der Waals surface area (Å²) in [5.41, 5.74) is 1.55. The third kappa shape index (κ3) is 4.38. The van der Waals surface area contributed by atoms with Gasteiger partial charge in [0.1, 0.15) is 5.60 Å². The van der Waals surface area contributed by atoms with Crippen LogP contribution < -0.4 is 5.32 Å². The number of hydrogen-bond donors (Lipinski definition) is 1. The van der Waals surface area contributed by atoms with Gasteiger partial charge in [0, 0.05) is 51.1 Å².